The molecular formula is C20H22N. The molecule has 1 fully saturated rings. The van der Waals surface area contributed by atoms with Gasteiger partial charge in [0, 0.05) is 13.1 Å². The van der Waals surface area contributed by atoms with Gasteiger partial charge in [-0.3, -0.25) is 0 Å². The second-order valence-corrected chi connectivity index (χ2v) is 5.88. The lowest BCUT2D eigenvalue weighted by Crippen LogP contribution is -2.17. The first-order valence-electron chi connectivity index (χ1n) is 7.73. The summed E-state index contributed by atoms with van der Waals surface area (Å²) in [6.45, 7) is 6.22. The van der Waals surface area contributed by atoms with Crippen LogP contribution in [0.2, 0.25) is 0 Å². The Labute approximate surface area is 127 Å². The standard InChI is InChI=1S/C20H22N/c1-15-3-7-17(8-4-15)20(19-11-13-21-14-12-19)18-9-5-16(2)6-10-18/h3-10H,11-14H2,1-2H3. The highest BCUT2D eigenvalue weighted by Gasteiger charge is 2.14. The average molecular weight is 276 g/mol. The molecule has 0 N–H and O–H groups in total. The van der Waals surface area contributed by atoms with E-state index in [9.17, 15) is 0 Å². The summed E-state index contributed by atoms with van der Waals surface area (Å²) in [4.78, 5) is 0. The van der Waals surface area contributed by atoms with Crippen molar-refractivity contribution in [2.45, 2.75) is 26.7 Å². The third-order valence-corrected chi connectivity index (χ3v) is 4.18. The van der Waals surface area contributed by atoms with Crippen molar-refractivity contribution < 1.29 is 0 Å². The number of hydrogen-bond acceptors (Lipinski definition) is 0. The molecule has 1 heterocycles. The zero-order chi connectivity index (χ0) is 14.7. The lowest BCUT2D eigenvalue weighted by molar-refractivity contribution is 0.600. The van der Waals surface area contributed by atoms with Crippen LogP contribution in [0.4, 0.5) is 0 Å². The third-order valence-electron chi connectivity index (χ3n) is 4.18. The van der Waals surface area contributed by atoms with Crippen molar-refractivity contribution in [1.29, 1.82) is 0 Å². The Hall–Kier alpha value is -1.86. The van der Waals surface area contributed by atoms with Crippen molar-refractivity contribution in [2.24, 2.45) is 0 Å². The molecule has 1 nitrogen and oxygen atoms in total. The SMILES string of the molecule is Cc1ccc(C(=C2CC[N]CC2)c2ccc(C)cc2)cc1. The predicted molar refractivity (Wildman–Crippen MR) is 89.5 cm³/mol. The molecule has 1 radical (unpaired) electrons. The van der Waals surface area contributed by atoms with E-state index in [0.29, 0.717) is 0 Å². The van der Waals surface area contributed by atoms with E-state index in [0.717, 1.165) is 25.9 Å². The molecule has 1 heteroatoms. The number of aryl methyl sites for hydroxylation is 2. The fraction of sp³-hybridized carbons (Fsp3) is 0.300. The minimum atomic E-state index is 0.969. The first kappa shape index (κ1) is 14.1. The Morgan fingerprint density at radius 1 is 0.714 bits per heavy atom. The molecule has 3 rings (SSSR count). The molecule has 0 saturated carbocycles. The molecule has 0 spiro atoms. The van der Waals surface area contributed by atoms with Crippen LogP contribution in [0.25, 0.3) is 5.57 Å². The van der Waals surface area contributed by atoms with Crippen LogP contribution in [-0.4, -0.2) is 13.1 Å². The molecule has 21 heavy (non-hydrogen) atoms. The minimum Gasteiger partial charge on any atom is -0.241 e. The van der Waals surface area contributed by atoms with E-state index in [-0.39, 0.29) is 0 Å². The van der Waals surface area contributed by atoms with E-state index in [1.807, 2.05) is 0 Å². The molecule has 0 atom stereocenters. The molecule has 1 aliphatic rings. The van der Waals surface area contributed by atoms with E-state index < -0.39 is 0 Å². The molecule has 0 aromatic heterocycles. The number of hydrogen-bond donors (Lipinski definition) is 0. The van der Waals surface area contributed by atoms with Gasteiger partial charge < -0.3 is 0 Å². The zero-order valence-electron chi connectivity index (χ0n) is 12.9. The van der Waals surface area contributed by atoms with Crippen LogP contribution in [0, 0.1) is 13.8 Å². The van der Waals surface area contributed by atoms with Gasteiger partial charge in [0.1, 0.15) is 0 Å². The second kappa shape index (κ2) is 6.28. The topological polar surface area (TPSA) is 14.1 Å². The number of benzene rings is 2. The van der Waals surface area contributed by atoms with Gasteiger partial charge in [-0.15, -0.1) is 0 Å². The van der Waals surface area contributed by atoms with Gasteiger partial charge in [-0.2, -0.15) is 0 Å². The van der Waals surface area contributed by atoms with Gasteiger partial charge in [-0.25, -0.2) is 5.32 Å². The highest BCUT2D eigenvalue weighted by molar-refractivity contribution is 5.82. The summed E-state index contributed by atoms with van der Waals surface area (Å²) in [6, 6.07) is 17.8. The molecule has 0 amide bonds. The summed E-state index contributed by atoms with van der Waals surface area (Å²) in [5, 5.41) is 4.49. The number of piperidine rings is 1. The number of nitrogens with zero attached hydrogens (tertiary/aromatic N) is 1. The van der Waals surface area contributed by atoms with Crippen LogP contribution in [0.15, 0.2) is 54.1 Å². The summed E-state index contributed by atoms with van der Waals surface area (Å²) in [6.07, 6.45) is 2.19. The summed E-state index contributed by atoms with van der Waals surface area (Å²) in [5.74, 6) is 0. The van der Waals surface area contributed by atoms with Gasteiger partial charge in [-0.1, -0.05) is 65.2 Å². The minimum absolute atomic E-state index is 0.969. The van der Waals surface area contributed by atoms with Gasteiger partial charge in [-0.05, 0) is 43.4 Å². The van der Waals surface area contributed by atoms with Crippen molar-refractivity contribution in [1.82, 2.24) is 5.32 Å². The molecule has 0 aliphatic carbocycles. The lowest BCUT2D eigenvalue weighted by atomic mass is 9.88. The molecule has 0 bridgehead atoms. The smallest absolute Gasteiger partial charge is 0.0171 e. The van der Waals surface area contributed by atoms with Crippen LogP contribution < -0.4 is 5.32 Å². The first-order chi connectivity index (χ1) is 10.2. The molecular weight excluding hydrogens is 254 g/mol. The van der Waals surface area contributed by atoms with Crippen LogP contribution in [0.5, 0.6) is 0 Å². The van der Waals surface area contributed by atoms with Gasteiger partial charge in [0.2, 0.25) is 0 Å². The van der Waals surface area contributed by atoms with Gasteiger partial charge in [0.15, 0.2) is 0 Å². The fourth-order valence-electron chi connectivity index (χ4n) is 2.93. The van der Waals surface area contributed by atoms with E-state index in [2.05, 4.69) is 67.7 Å². The maximum Gasteiger partial charge on any atom is 0.0171 e. The van der Waals surface area contributed by atoms with Crippen molar-refractivity contribution in [2.75, 3.05) is 13.1 Å². The zero-order valence-corrected chi connectivity index (χ0v) is 12.9. The Balaban J connectivity index is 2.10. The van der Waals surface area contributed by atoms with Gasteiger partial charge >= 0.3 is 0 Å². The Kier molecular flexibility index (Phi) is 4.21. The van der Waals surface area contributed by atoms with Crippen molar-refractivity contribution in [3.8, 4) is 0 Å². The molecule has 2 aromatic rings. The normalized spacial score (nSPS) is 15.0. The predicted octanol–water partition coefficient (Wildman–Crippen LogP) is 4.50. The maximum absolute atomic E-state index is 4.49. The highest BCUT2D eigenvalue weighted by Crippen LogP contribution is 2.31. The quantitative estimate of drug-likeness (QED) is 0.766. The largest absolute Gasteiger partial charge is 0.241 e. The molecule has 1 aliphatic heterocycles. The molecule has 1 saturated heterocycles. The van der Waals surface area contributed by atoms with Crippen LogP contribution >= 0.6 is 0 Å². The maximum atomic E-state index is 4.49. The fourth-order valence-corrected chi connectivity index (χ4v) is 2.93. The highest BCUT2D eigenvalue weighted by atomic mass is 14.9. The van der Waals surface area contributed by atoms with Crippen molar-refractivity contribution in [3.05, 3.63) is 76.4 Å². The Morgan fingerprint density at radius 3 is 1.57 bits per heavy atom. The van der Waals surface area contributed by atoms with E-state index in [1.165, 1.54) is 27.8 Å². The first-order valence-corrected chi connectivity index (χ1v) is 7.73. The van der Waals surface area contributed by atoms with Crippen LogP contribution in [-0.2, 0) is 0 Å². The van der Waals surface area contributed by atoms with Crippen molar-refractivity contribution in [3.63, 3.8) is 0 Å². The van der Waals surface area contributed by atoms with E-state index in [4.69, 9.17) is 0 Å². The summed E-state index contributed by atoms with van der Waals surface area (Å²) in [5.41, 5.74) is 8.27. The van der Waals surface area contributed by atoms with Crippen molar-refractivity contribution >= 4 is 5.57 Å². The molecule has 107 valence electrons. The summed E-state index contributed by atoms with van der Waals surface area (Å²) in [7, 11) is 0. The molecule has 0 unspecified atom stereocenters. The van der Waals surface area contributed by atoms with Crippen LogP contribution in [0.1, 0.15) is 35.1 Å². The lowest BCUT2D eigenvalue weighted by Gasteiger charge is -2.20. The Morgan fingerprint density at radius 2 is 1.14 bits per heavy atom. The van der Waals surface area contributed by atoms with E-state index in [1.54, 1.807) is 5.57 Å². The van der Waals surface area contributed by atoms with Crippen LogP contribution in [0.3, 0.4) is 0 Å². The number of rotatable bonds is 2. The second-order valence-electron chi connectivity index (χ2n) is 5.88. The molecule has 2 aromatic carbocycles. The monoisotopic (exact) mass is 276 g/mol. The summed E-state index contributed by atoms with van der Waals surface area (Å²) < 4.78 is 0. The Bertz CT molecular complexity index is 577. The summed E-state index contributed by atoms with van der Waals surface area (Å²) >= 11 is 0. The third kappa shape index (κ3) is 3.25. The van der Waals surface area contributed by atoms with Gasteiger partial charge in [0.25, 0.3) is 0 Å². The average Bonchev–Trinajstić information content (AvgIpc) is 2.52. The van der Waals surface area contributed by atoms with Gasteiger partial charge in [0.05, 0.1) is 0 Å². The van der Waals surface area contributed by atoms with E-state index >= 15 is 0 Å².